The number of halogens is 1. The van der Waals surface area contributed by atoms with Crippen LogP contribution in [0.25, 0.3) is 44.7 Å². The summed E-state index contributed by atoms with van der Waals surface area (Å²) in [5, 5.41) is 9.35. The number of methoxy groups -OCH3 is 3. The third-order valence-electron chi connectivity index (χ3n) is 19.2. The van der Waals surface area contributed by atoms with E-state index in [9.17, 15) is 37.4 Å². The molecule has 0 saturated carbocycles. The van der Waals surface area contributed by atoms with Crippen molar-refractivity contribution in [3.8, 4) is 23.3 Å². The van der Waals surface area contributed by atoms with Gasteiger partial charge in [-0.3, -0.25) is 75.5 Å². The van der Waals surface area contributed by atoms with E-state index in [1.54, 1.807) is 68.9 Å². The van der Waals surface area contributed by atoms with Gasteiger partial charge in [0.05, 0.1) is 141 Å². The highest BCUT2D eigenvalue weighted by Crippen LogP contribution is 2.59. The lowest BCUT2D eigenvalue weighted by Gasteiger charge is -2.30. The van der Waals surface area contributed by atoms with Crippen molar-refractivity contribution in [1.82, 2.24) is 78.1 Å². The van der Waals surface area contributed by atoms with Gasteiger partial charge in [0.1, 0.15) is 42.6 Å². The zero-order valence-corrected chi connectivity index (χ0v) is 71.3. The van der Waals surface area contributed by atoms with Crippen LogP contribution in [0.15, 0.2) is 123 Å². The highest BCUT2D eigenvalue weighted by Gasteiger charge is 2.39. The van der Waals surface area contributed by atoms with Crippen LogP contribution < -0.4 is 59.4 Å². The number of imidazole rings is 4. The Morgan fingerprint density at radius 1 is 0.423 bits per heavy atom. The summed E-state index contributed by atoms with van der Waals surface area (Å²) in [5.74, 6) is 2.13. The molecule has 12 N–H and O–H groups in total. The average molecular weight is 1800 g/mol. The second-order valence-corrected chi connectivity index (χ2v) is 36.0. The maximum absolute atomic E-state index is 13.0. The summed E-state index contributed by atoms with van der Waals surface area (Å²) in [6, 6.07) is 25.7. The van der Waals surface area contributed by atoms with Crippen molar-refractivity contribution < 1.29 is 87.6 Å². The minimum absolute atomic E-state index is 0.00159. The third-order valence-corrected chi connectivity index (χ3v) is 26.1. The average Bonchev–Trinajstić information content (AvgIpc) is 1.58. The number of hydrogen-bond acceptors (Lipinski definition) is 36. The highest BCUT2D eigenvalue weighted by atomic mass is 35.5. The van der Waals surface area contributed by atoms with Crippen LogP contribution in [0, 0.1) is 25.2 Å². The molecule has 4 fully saturated rings. The topological polar surface area (TPSA) is 589 Å². The smallest absolute Gasteiger partial charge is 0.356 e. The zero-order valence-electron chi connectivity index (χ0n) is 66.9. The van der Waals surface area contributed by atoms with Crippen molar-refractivity contribution in [2.45, 2.75) is 90.1 Å². The van der Waals surface area contributed by atoms with E-state index in [1.807, 2.05) is 56.3 Å². The SMILES string of the molecule is COc1ccc(C2CCOP(=O)(COCCn3cnc4c(=O)[nH]c(N)nc43)O2)cc1C.COc1ccc(C2CCOP(=O)(COCCn3cnc4c(=O)[nH]c(N)nc43)O2)cc1C.COc1ccc(C2CCOP(=O)(COCCn3cnc4c(=O)[nH]c(N)nc43)O2)cc1Cl.N#Cc1ccc(C2CCOP(=O)(COCCn3cnc4c(=O)[nH]c(N)nc43)O2)cc1. The maximum atomic E-state index is 13.0. The van der Waals surface area contributed by atoms with E-state index < -0.39 is 64.8 Å². The summed E-state index contributed by atoms with van der Waals surface area (Å²) < 4.78 is 141. The Labute approximate surface area is 703 Å². The molecule has 16 rings (SSSR count). The number of nitrogens with zero attached hydrogens (tertiary/aromatic N) is 13. The van der Waals surface area contributed by atoms with Crippen LogP contribution in [0.5, 0.6) is 17.2 Å². The van der Waals surface area contributed by atoms with Gasteiger partial charge >= 0.3 is 30.4 Å². The van der Waals surface area contributed by atoms with Gasteiger partial charge in [-0.2, -0.15) is 25.2 Å². The van der Waals surface area contributed by atoms with E-state index in [1.165, 1.54) is 32.4 Å². The summed E-state index contributed by atoms with van der Waals surface area (Å²) in [4.78, 5) is 89.3. The number of nitrogens with two attached hydrogens (primary N) is 4. The molecule has 0 spiro atoms. The first-order valence-corrected chi connectivity index (χ1v) is 45.4. The number of H-pyrrole nitrogens is 4. The van der Waals surface area contributed by atoms with Gasteiger partial charge in [0.2, 0.25) is 23.8 Å². The number of benzene rings is 4. The number of aromatic nitrogens is 16. The van der Waals surface area contributed by atoms with E-state index in [2.05, 4.69) is 65.9 Å². The van der Waals surface area contributed by atoms with Crippen molar-refractivity contribution in [2.75, 3.05) is 123 Å². The summed E-state index contributed by atoms with van der Waals surface area (Å²) in [6.45, 7) is 7.15. The molecule has 4 saturated heterocycles. The Hall–Kier alpha value is -10.9. The second-order valence-electron chi connectivity index (χ2n) is 27.8. The molecule has 4 aliphatic rings. The van der Waals surface area contributed by atoms with E-state index >= 15 is 0 Å². The van der Waals surface area contributed by atoms with E-state index in [-0.39, 0.29) is 123 Å². The van der Waals surface area contributed by atoms with Crippen LogP contribution in [0.2, 0.25) is 5.02 Å². The van der Waals surface area contributed by atoms with Crippen LogP contribution in [0.1, 0.15) is 89.0 Å². The number of hydrogen-bond donors (Lipinski definition) is 8. The van der Waals surface area contributed by atoms with Crippen molar-refractivity contribution in [2.24, 2.45) is 0 Å². The fourth-order valence-corrected chi connectivity index (χ4v) is 19.7. The lowest BCUT2D eigenvalue weighted by atomic mass is 10.0. The zero-order chi connectivity index (χ0) is 87.2. The summed E-state index contributed by atoms with van der Waals surface area (Å²) in [5.41, 5.74) is 28.8. The summed E-state index contributed by atoms with van der Waals surface area (Å²) in [7, 11) is -8.92. The number of aromatic amines is 4. The molecule has 44 nitrogen and oxygen atoms in total. The van der Waals surface area contributed by atoms with Crippen molar-refractivity contribution in [1.29, 1.82) is 5.26 Å². The van der Waals surface area contributed by atoms with Gasteiger partial charge in [0.15, 0.2) is 44.7 Å². The number of nitrogens with one attached hydrogen (secondary N) is 4. The molecule has 4 aromatic carbocycles. The number of nitriles is 1. The van der Waals surface area contributed by atoms with Gasteiger partial charge in [-0.05, 0) is 95.8 Å². The third kappa shape index (κ3) is 22.6. The molecule has 0 amide bonds. The molecule has 0 bridgehead atoms. The summed E-state index contributed by atoms with van der Waals surface area (Å²) >= 11 is 6.18. The first kappa shape index (κ1) is 89.8. The van der Waals surface area contributed by atoms with Crippen LogP contribution in [0.4, 0.5) is 23.8 Å². The van der Waals surface area contributed by atoms with Crippen molar-refractivity contribution in [3.63, 3.8) is 0 Å². The van der Waals surface area contributed by atoms with Crippen LogP contribution >= 0.6 is 42.0 Å². The van der Waals surface area contributed by atoms with Gasteiger partial charge in [-0.15, -0.1) is 0 Å². The Bertz CT molecular complexity index is 5830. The first-order chi connectivity index (χ1) is 59.1. The van der Waals surface area contributed by atoms with E-state index in [0.717, 1.165) is 44.9 Å². The Balaban J connectivity index is 0.000000141. The molecule has 0 aliphatic carbocycles. The molecule has 12 aromatic rings. The normalized spacial score (nSPS) is 21.4. The maximum Gasteiger partial charge on any atom is 0.356 e. The quantitative estimate of drug-likeness (QED) is 0.0175. The minimum Gasteiger partial charge on any atom is -0.496 e. The first-order valence-electron chi connectivity index (χ1n) is 38.1. The second kappa shape index (κ2) is 40.2. The predicted molar refractivity (Wildman–Crippen MR) is 446 cm³/mol. The van der Waals surface area contributed by atoms with Gasteiger partial charge in [-0.1, -0.05) is 41.9 Å². The van der Waals surface area contributed by atoms with Crippen molar-refractivity contribution >= 4 is 110 Å². The van der Waals surface area contributed by atoms with Gasteiger partial charge in [0.25, 0.3) is 22.2 Å². The lowest BCUT2D eigenvalue weighted by molar-refractivity contribution is 0.0559. The number of nitrogen functional groups attached to an aromatic ring is 4. The van der Waals surface area contributed by atoms with E-state index in [4.69, 9.17) is 109 Å². The molecule has 8 atom stereocenters. The number of aryl methyl sites for hydroxylation is 2. The van der Waals surface area contributed by atoms with Crippen LogP contribution in [-0.4, -0.2) is 178 Å². The van der Waals surface area contributed by atoms with Crippen LogP contribution in [-0.2, 0) is 99.6 Å². The van der Waals surface area contributed by atoms with E-state index in [0.29, 0.717) is 104 Å². The number of fused-ring (bicyclic) bond motifs is 4. The summed E-state index contributed by atoms with van der Waals surface area (Å²) in [6.07, 6.45) is 5.89. The van der Waals surface area contributed by atoms with Gasteiger partial charge in [0, 0.05) is 51.9 Å². The molecule has 8 aromatic heterocycles. The molecule has 0 radical (unpaired) electrons. The van der Waals surface area contributed by atoms with Crippen LogP contribution in [0.3, 0.4) is 0 Å². The number of anilines is 4. The monoisotopic (exact) mass is 1800 g/mol. The van der Waals surface area contributed by atoms with Crippen molar-refractivity contribution in [3.05, 3.63) is 190 Å². The molecule has 654 valence electrons. The Kier molecular flexibility index (Phi) is 29.3. The fraction of sp³-hybridized carbons (Fsp3) is 0.392. The Morgan fingerprint density at radius 3 is 0.959 bits per heavy atom. The molecular formula is C74H88ClN21O23P4. The number of ether oxygens (including phenoxy) is 7. The predicted octanol–water partition coefficient (Wildman–Crippen LogP) is 9.36. The largest absolute Gasteiger partial charge is 0.496 e. The lowest BCUT2D eigenvalue weighted by Crippen LogP contribution is -2.17. The molecule has 123 heavy (non-hydrogen) atoms. The molecule has 4 aliphatic heterocycles. The molecule has 12 heterocycles. The highest BCUT2D eigenvalue weighted by molar-refractivity contribution is 7.54. The Morgan fingerprint density at radius 2 is 0.691 bits per heavy atom. The van der Waals surface area contributed by atoms with Gasteiger partial charge in [-0.25, -0.2) is 19.9 Å². The van der Waals surface area contributed by atoms with Gasteiger partial charge < -0.3 is 92.5 Å². The molecular weight excluding hydrogens is 1710 g/mol. The standard InChI is InChI=1S/2C19H24N5O6P.C18H21ClN5O6P.C18H19N6O5P/c2*1-12-9-13(3-4-14(12)27-2)15-5-7-29-31(26,30-15)11-28-8-6-24-10-21-16-17(24)22-19(20)23-18(16)25;1-27-14-3-2-11(8-12(14)19)13-4-6-29-31(26,30-13)10-28-7-5-24-9-21-15-16(24)22-18(20)23-17(15)25;19-9-12-1-3-13(4-2-12)14-5-7-28-30(26,29-14)11-27-8-6-24-10-21-15-16(24)22-18(20)23-17(15)25/h2*3-4,9-10,15H,5-8,11H2,1-2H3,(H3,20,22,23,25);2-3,8-9,13H,4-7,10H2,1H3,(H3,20,22,23,25);1-4,10,14H,5-8,11H2,(H3,20,22,23,25). The number of rotatable bonds is 27. The fourth-order valence-electron chi connectivity index (χ4n) is 13.2. The molecule has 49 heteroatoms. The molecule has 8 unspecified atom stereocenters. The minimum atomic E-state index is -3.45.